The third kappa shape index (κ3) is 3.52. The molecule has 0 aromatic carbocycles. The zero-order valence-electron chi connectivity index (χ0n) is 19.1. The largest absolute Gasteiger partial charge is 0.389 e. The highest BCUT2D eigenvalue weighted by molar-refractivity contribution is 6.01. The number of aromatic nitrogens is 5. The lowest BCUT2D eigenvalue weighted by atomic mass is 10.1. The molecule has 0 spiro atoms. The van der Waals surface area contributed by atoms with Crippen molar-refractivity contribution in [1.82, 2.24) is 29.3 Å². The summed E-state index contributed by atoms with van der Waals surface area (Å²) in [5.41, 5.74) is 4.95. The number of aliphatic hydroxyl groups excluding tert-OH is 1. The SMILES string of the molecule is Cn1nccc1-c1cc(-c2cccc3c(C(=O)N4CCCCC4)cnn23)cc(N2CC(O)C2)n1. The van der Waals surface area contributed by atoms with Crippen molar-refractivity contribution in [2.24, 2.45) is 7.05 Å². The van der Waals surface area contributed by atoms with Gasteiger partial charge in [-0.1, -0.05) is 6.07 Å². The van der Waals surface area contributed by atoms with Gasteiger partial charge in [0.15, 0.2) is 0 Å². The molecule has 4 aromatic heterocycles. The van der Waals surface area contributed by atoms with Crippen LogP contribution in [0, 0.1) is 0 Å². The van der Waals surface area contributed by atoms with Crippen LogP contribution in [-0.2, 0) is 7.05 Å². The fraction of sp³-hybridized carbons (Fsp3) is 0.360. The lowest BCUT2D eigenvalue weighted by Crippen LogP contribution is -2.51. The van der Waals surface area contributed by atoms with Gasteiger partial charge in [0.1, 0.15) is 5.82 Å². The molecule has 0 bridgehead atoms. The highest BCUT2D eigenvalue weighted by atomic mass is 16.3. The van der Waals surface area contributed by atoms with Crippen molar-refractivity contribution in [1.29, 1.82) is 0 Å². The van der Waals surface area contributed by atoms with E-state index in [-0.39, 0.29) is 12.0 Å². The first-order valence-corrected chi connectivity index (χ1v) is 11.8. The molecule has 2 saturated heterocycles. The minimum atomic E-state index is -0.330. The maximum Gasteiger partial charge on any atom is 0.257 e. The fourth-order valence-electron chi connectivity index (χ4n) is 4.89. The summed E-state index contributed by atoms with van der Waals surface area (Å²) >= 11 is 0. The number of carbonyl (C=O) groups excluding carboxylic acids is 1. The molecule has 4 aromatic rings. The second-order valence-electron chi connectivity index (χ2n) is 9.12. The van der Waals surface area contributed by atoms with Crippen LogP contribution in [0.4, 0.5) is 5.82 Å². The Morgan fingerprint density at radius 2 is 1.85 bits per heavy atom. The van der Waals surface area contributed by atoms with E-state index in [1.165, 1.54) is 6.42 Å². The van der Waals surface area contributed by atoms with Crippen LogP contribution in [0.5, 0.6) is 0 Å². The number of hydrogen-bond acceptors (Lipinski definition) is 6. The molecule has 0 unspecified atom stereocenters. The molecule has 174 valence electrons. The van der Waals surface area contributed by atoms with Crippen LogP contribution in [0.1, 0.15) is 29.6 Å². The molecule has 2 aliphatic heterocycles. The Morgan fingerprint density at radius 3 is 2.59 bits per heavy atom. The summed E-state index contributed by atoms with van der Waals surface area (Å²) < 4.78 is 3.64. The van der Waals surface area contributed by atoms with E-state index in [2.05, 4.69) is 15.1 Å². The molecule has 1 N–H and O–H groups in total. The molecule has 9 heteroatoms. The Hall–Kier alpha value is -3.72. The van der Waals surface area contributed by atoms with Crippen LogP contribution in [-0.4, -0.2) is 72.6 Å². The molecule has 2 fully saturated rings. The van der Waals surface area contributed by atoms with E-state index in [1.807, 2.05) is 52.9 Å². The van der Waals surface area contributed by atoms with Crippen molar-refractivity contribution < 1.29 is 9.90 Å². The van der Waals surface area contributed by atoms with Crippen molar-refractivity contribution in [3.63, 3.8) is 0 Å². The van der Waals surface area contributed by atoms with Crippen LogP contribution < -0.4 is 4.90 Å². The van der Waals surface area contributed by atoms with Gasteiger partial charge in [-0.25, -0.2) is 9.50 Å². The van der Waals surface area contributed by atoms with Gasteiger partial charge >= 0.3 is 0 Å². The molecule has 9 nitrogen and oxygen atoms in total. The van der Waals surface area contributed by atoms with E-state index in [4.69, 9.17) is 4.98 Å². The predicted molar refractivity (Wildman–Crippen MR) is 129 cm³/mol. The number of amides is 1. The Morgan fingerprint density at radius 1 is 1.03 bits per heavy atom. The normalized spacial score (nSPS) is 16.8. The number of hydrogen-bond donors (Lipinski definition) is 1. The lowest BCUT2D eigenvalue weighted by Gasteiger charge is -2.37. The van der Waals surface area contributed by atoms with E-state index >= 15 is 0 Å². The zero-order valence-corrected chi connectivity index (χ0v) is 19.1. The minimum Gasteiger partial charge on any atom is -0.389 e. The molecule has 0 aliphatic carbocycles. The van der Waals surface area contributed by atoms with Gasteiger partial charge in [-0.05, 0) is 49.6 Å². The van der Waals surface area contributed by atoms with Crippen LogP contribution in [0.15, 0.2) is 48.8 Å². The standard InChI is InChI=1S/C25H27N7O2/c1-29-23(8-9-26-29)20-12-17(13-24(28-20)31-15-18(33)16-31)21-6-5-7-22-19(14-27-32(21)22)25(34)30-10-3-2-4-11-30/h5-9,12-14,18,33H,2-4,10-11,15-16H2,1H3. The second kappa shape index (κ2) is 8.25. The Labute approximate surface area is 197 Å². The zero-order chi connectivity index (χ0) is 23.2. The van der Waals surface area contributed by atoms with Crippen molar-refractivity contribution in [2.75, 3.05) is 31.1 Å². The first-order valence-electron chi connectivity index (χ1n) is 11.8. The van der Waals surface area contributed by atoms with Gasteiger partial charge in [-0.3, -0.25) is 9.48 Å². The summed E-state index contributed by atoms with van der Waals surface area (Å²) in [6.45, 7) is 2.72. The third-order valence-electron chi connectivity index (χ3n) is 6.79. The van der Waals surface area contributed by atoms with Gasteiger partial charge in [0, 0.05) is 45.0 Å². The molecule has 0 radical (unpaired) electrons. The molecule has 1 amide bonds. The highest BCUT2D eigenvalue weighted by Crippen LogP contribution is 2.31. The number of pyridine rings is 2. The van der Waals surface area contributed by atoms with Gasteiger partial charge in [-0.2, -0.15) is 10.2 Å². The van der Waals surface area contributed by atoms with Crippen molar-refractivity contribution in [3.8, 4) is 22.6 Å². The number of carbonyl (C=O) groups is 1. The summed E-state index contributed by atoms with van der Waals surface area (Å²) in [5.74, 6) is 0.847. The maximum atomic E-state index is 13.2. The number of likely N-dealkylation sites (tertiary alicyclic amines) is 1. The molecule has 6 rings (SSSR count). The predicted octanol–water partition coefficient (Wildman–Crippen LogP) is 2.60. The number of fused-ring (bicyclic) bond motifs is 1. The summed E-state index contributed by atoms with van der Waals surface area (Å²) in [7, 11) is 1.89. The van der Waals surface area contributed by atoms with Gasteiger partial charge in [0.25, 0.3) is 5.91 Å². The number of anilines is 1. The Kier molecular flexibility index (Phi) is 5.06. The van der Waals surface area contributed by atoms with E-state index < -0.39 is 0 Å². The minimum absolute atomic E-state index is 0.0485. The van der Waals surface area contributed by atoms with E-state index in [1.54, 1.807) is 17.1 Å². The van der Waals surface area contributed by atoms with Crippen LogP contribution in [0.25, 0.3) is 28.2 Å². The molecular formula is C25H27N7O2. The maximum absolute atomic E-state index is 13.2. The fourth-order valence-corrected chi connectivity index (χ4v) is 4.89. The van der Waals surface area contributed by atoms with Crippen molar-refractivity contribution in [2.45, 2.75) is 25.4 Å². The molecule has 2 aliphatic rings. The van der Waals surface area contributed by atoms with Crippen molar-refractivity contribution >= 4 is 17.2 Å². The van der Waals surface area contributed by atoms with Crippen LogP contribution >= 0.6 is 0 Å². The summed E-state index contributed by atoms with van der Waals surface area (Å²) in [6.07, 6.45) is 6.40. The monoisotopic (exact) mass is 457 g/mol. The average molecular weight is 458 g/mol. The van der Waals surface area contributed by atoms with E-state index in [0.29, 0.717) is 18.7 Å². The summed E-state index contributed by atoms with van der Waals surface area (Å²) in [6, 6.07) is 11.9. The molecule has 0 saturated carbocycles. The van der Waals surface area contributed by atoms with Gasteiger partial charge in [-0.15, -0.1) is 0 Å². The van der Waals surface area contributed by atoms with Gasteiger partial charge in [0.2, 0.25) is 0 Å². The molecule has 6 heterocycles. The number of rotatable bonds is 4. The van der Waals surface area contributed by atoms with Crippen LogP contribution in [0.3, 0.4) is 0 Å². The first kappa shape index (κ1) is 20.9. The van der Waals surface area contributed by atoms with E-state index in [9.17, 15) is 9.90 Å². The first-order chi connectivity index (χ1) is 16.6. The average Bonchev–Trinajstić information content (AvgIpc) is 3.48. The topological polar surface area (TPSA) is 91.8 Å². The van der Waals surface area contributed by atoms with E-state index in [0.717, 1.165) is 59.9 Å². The molecule has 0 atom stereocenters. The molecular weight excluding hydrogens is 430 g/mol. The Balaban J connectivity index is 1.45. The highest BCUT2D eigenvalue weighted by Gasteiger charge is 2.27. The Bertz CT molecular complexity index is 1360. The molecule has 34 heavy (non-hydrogen) atoms. The van der Waals surface area contributed by atoms with Gasteiger partial charge < -0.3 is 14.9 Å². The van der Waals surface area contributed by atoms with Gasteiger partial charge in [0.05, 0.1) is 40.5 Å². The summed E-state index contributed by atoms with van der Waals surface area (Å²) in [4.78, 5) is 22.1. The third-order valence-corrected chi connectivity index (χ3v) is 6.79. The van der Waals surface area contributed by atoms with Crippen LogP contribution in [0.2, 0.25) is 0 Å². The second-order valence-corrected chi connectivity index (χ2v) is 9.12. The quantitative estimate of drug-likeness (QED) is 0.507. The number of β-amino-alcohol motifs (C(OH)–C–C–N with tert-alkyl or cyclic N) is 1. The number of aryl methyl sites for hydroxylation is 1. The van der Waals surface area contributed by atoms with Crippen molar-refractivity contribution in [3.05, 3.63) is 54.4 Å². The smallest absolute Gasteiger partial charge is 0.257 e. The summed E-state index contributed by atoms with van der Waals surface area (Å²) in [5, 5.41) is 18.7. The lowest BCUT2D eigenvalue weighted by molar-refractivity contribution is 0.0726. The number of aliphatic hydroxyl groups is 1. The number of piperidine rings is 1. The number of nitrogens with zero attached hydrogens (tertiary/aromatic N) is 7.